The van der Waals surface area contributed by atoms with Crippen molar-refractivity contribution in [3.8, 4) is 0 Å². The average molecular weight is 289 g/mol. The highest BCUT2D eigenvalue weighted by Gasteiger charge is 2.24. The predicted molar refractivity (Wildman–Crippen MR) is 82.6 cm³/mol. The van der Waals surface area contributed by atoms with Gasteiger partial charge < -0.3 is 0 Å². The maximum absolute atomic E-state index is 12.8. The van der Waals surface area contributed by atoms with Crippen LogP contribution in [0.4, 0.5) is 5.69 Å². The lowest BCUT2D eigenvalue weighted by Gasteiger charge is -2.25. The predicted octanol–water partition coefficient (Wildman–Crippen LogP) is 3.52. The lowest BCUT2D eigenvalue weighted by Crippen LogP contribution is -2.31. The van der Waals surface area contributed by atoms with E-state index in [1.165, 1.54) is 4.31 Å². The van der Waals surface area contributed by atoms with Gasteiger partial charge in [0.05, 0.1) is 10.6 Å². The van der Waals surface area contributed by atoms with Crippen molar-refractivity contribution in [2.45, 2.75) is 25.7 Å². The van der Waals surface area contributed by atoms with E-state index in [2.05, 4.69) is 0 Å². The molecule has 106 valence electrons. The van der Waals surface area contributed by atoms with Gasteiger partial charge in [0.15, 0.2) is 0 Å². The molecule has 0 aromatic heterocycles. The highest BCUT2D eigenvalue weighted by Crippen LogP contribution is 2.28. The minimum Gasteiger partial charge on any atom is -0.266 e. The lowest BCUT2D eigenvalue weighted by atomic mass is 10.1. The van der Waals surface area contributed by atoms with Crippen LogP contribution in [0.2, 0.25) is 0 Å². The second kappa shape index (κ2) is 5.67. The zero-order valence-corrected chi connectivity index (χ0v) is 12.8. The van der Waals surface area contributed by atoms with E-state index in [9.17, 15) is 8.42 Å². The van der Waals surface area contributed by atoms with E-state index in [0.717, 1.165) is 16.8 Å². The van der Waals surface area contributed by atoms with E-state index in [0.29, 0.717) is 11.4 Å². The number of sulfonamides is 1. The quantitative estimate of drug-likeness (QED) is 0.863. The molecule has 0 atom stereocenters. The normalized spacial score (nSPS) is 11.3. The molecule has 0 aliphatic heterocycles. The van der Waals surface area contributed by atoms with Crippen LogP contribution in [-0.4, -0.2) is 15.0 Å². The zero-order chi connectivity index (χ0) is 14.8. The summed E-state index contributed by atoms with van der Waals surface area (Å²) in [6, 6.07) is 14.3. The summed E-state index contributed by atoms with van der Waals surface area (Å²) in [6.07, 6.45) is 0. The van der Waals surface area contributed by atoms with Crippen molar-refractivity contribution in [3.05, 3.63) is 59.7 Å². The number of hydrogen-bond acceptors (Lipinski definition) is 2. The minimum absolute atomic E-state index is 0.322. The van der Waals surface area contributed by atoms with E-state index >= 15 is 0 Å². The third-order valence-corrected chi connectivity index (χ3v) is 5.37. The van der Waals surface area contributed by atoms with Crippen LogP contribution in [0.3, 0.4) is 0 Å². The summed E-state index contributed by atoms with van der Waals surface area (Å²) in [6.45, 7) is 6.19. The van der Waals surface area contributed by atoms with E-state index in [1.54, 1.807) is 24.3 Å². The van der Waals surface area contributed by atoms with E-state index in [-0.39, 0.29) is 0 Å². The first kappa shape index (κ1) is 14.6. The Morgan fingerprint density at radius 3 is 2.20 bits per heavy atom. The summed E-state index contributed by atoms with van der Waals surface area (Å²) >= 11 is 0. The molecule has 0 fully saturated rings. The highest BCUT2D eigenvalue weighted by molar-refractivity contribution is 7.92. The Morgan fingerprint density at radius 1 is 0.950 bits per heavy atom. The van der Waals surface area contributed by atoms with Crippen molar-refractivity contribution in [1.82, 2.24) is 0 Å². The Balaban J connectivity index is 2.56. The van der Waals surface area contributed by atoms with Crippen LogP contribution in [0.1, 0.15) is 18.1 Å². The molecular formula is C16H19NO2S. The fraction of sp³-hybridized carbons (Fsp3) is 0.250. The summed E-state index contributed by atoms with van der Waals surface area (Å²) in [5.74, 6) is 0. The topological polar surface area (TPSA) is 37.4 Å². The molecule has 0 amide bonds. The van der Waals surface area contributed by atoms with Gasteiger partial charge in [0, 0.05) is 6.54 Å². The molecule has 0 unspecified atom stereocenters. The number of nitrogens with zero attached hydrogens (tertiary/aromatic N) is 1. The van der Waals surface area contributed by atoms with Crippen molar-refractivity contribution in [3.63, 3.8) is 0 Å². The molecule has 0 bridgehead atoms. The van der Waals surface area contributed by atoms with Gasteiger partial charge >= 0.3 is 0 Å². The smallest absolute Gasteiger partial charge is 0.264 e. The first-order chi connectivity index (χ1) is 9.48. The first-order valence-electron chi connectivity index (χ1n) is 6.62. The number of hydrogen-bond donors (Lipinski definition) is 0. The Labute approximate surface area is 120 Å². The van der Waals surface area contributed by atoms with Gasteiger partial charge in [-0.05, 0) is 50.1 Å². The maximum Gasteiger partial charge on any atom is 0.264 e. The molecule has 2 aromatic carbocycles. The molecule has 2 rings (SSSR count). The zero-order valence-electron chi connectivity index (χ0n) is 12.0. The summed E-state index contributed by atoms with van der Waals surface area (Å²) in [5, 5.41) is 0. The first-order valence-corrected chi connectivity index (χ1v) is 8.06. The fourth-order valence-electron chi connectivity index (χ4n) is 2.20. The van der Waals surface area contributed by atoms with Crippen molar-refractivity contribution < 1.29 is 8.42 Å². The Kier molecular flexibility index (Phi) is 4.14. The summed E-state index contributed by atoms with van der Waals surface area (Å²) in [7, 11) is -3.51. The lowest BCUT2D eigenvalue weighted by molar-refractivity contribution is 0.591. The van der Waals surface area contributed by atoms with Gasteiger partial charge in [-0.25, -0.2) is 8.42 Å². The largest absolute Gasteiger partial charge is 0.266 e. The highest BCUT2D eigenvalue weighted by atomic mass is 32.2. The molecule has 3 nitrogen and oxygen atoms in total. The molecule has 0 aliphatic rings. The van der Waals surface area contributed by atoms with Gasteiger partial charge in [0.2, 0.25) is 0 Å². The fourth-order valence-corrected chi connectivity index (χ4v) is 3.75. The SMILES string of the molecule is CCN(c1cccc(C)c1C)S(=O)(=O)c1ccccc1. The molecule has 0 radical (unpaired) electrons. The maximum atomic E-state index is 12.8. The van der Waals surface area contributed by atoms with Crippen molar-refractivity contribution in [1.29, 1.82) is 0 Å². The molecule has 0 N–H and O–H groups in total. The number of anilines is 1. The minimum atomic E-state index is -3.51. The number of aryl methyl sites for hydroxylation is 1. The van der Waals surface area contributed by atoms with Crippen molar-refractivity contribution in [2.75, 3.05) is 10.8 Å². The monoisotopic (exact) mass is 289 g/mol. The summed E-state index contributed by atoms with van der Waals surface area (Å²) in [4.78, 5) is 0.322. The average Bonchev–Trinajstić information content (AvgIpc) is 2.45. The molecule has 0 spiro atoms. The second-order valence-electron chi connectivity index (χ2n) is 4.70. The van der Waals surface area contributed by atoms with Gasteiger partial charge in [-0.2, -0.15) is 0 Å². The van der Waals surface area contributed by atoms with Gasteiger partial charge in [-0.3, -0.25) is 4.31 Å². The molecule has 4 heteroatoms. The Bertz CT molecular complexity index is 694. The molecule has 0 saturated carbocycles. The van der Waals surface area contributed by atoms with Gasteiger partial charge in [0.25, 0.3) is 10.0 Å². The molecule has 0 heterocycles. The van der Waals surface area contributed by atoms with E-state index < -0.39 is 10.0 Å². The second-order valence-corrected chi connectivity index (χ2v) is 6.56. The number of rotatable bonds is 4. The molecule has 0 aliphatic carbocycles. The summed E-state index contributed by atoms with van der Waals surface area (Å²) < 4.78 is 27.0. The molecule has 20 heavy (non-hydrogen) atoms. The van der Waals surface area contributed by atoms with Crippen LogP contribution in [0.25, 0.3) is 0 Å². The van der Waals surface area contributed by atoms with Crippen LogP contribution in [0.5, 0.6) is 0 Å². The van der Waals surface area contributed by atoms with Crippen LogP contribution in [-0.2, 0) is 10.0 Å². The van der Waals surface area contributed by atoms with Crippen LogP contribution in [0, 0.1) is 13.8 Å². The van der Waals surface area contributed by atoms with Crippen molar-refractivity contribution >= 4 is 15.7 Å². The van der Waals surface area contributed by atoms with E-state index in [1.807, 2.05) is 45.0 Å². The third kappa shape index (κ3) is 2.56. The Hall–Kier alpha value is -1.81. The van der Waals surface area contributed by atoms with Gasteiger partial charge in [-0.1, -0.05) is 30.3 Å². The third-order valence-electron chi connectivity index (χ3n) is 3.46. The molecular weight excluding hydrogens is 270 g/mol. The van der Waals surface area contributed by atoms with Crippen LogP contribution < -0.4 is 4.31 Å². The van der Waals surface area contributed by atoms with Crippen LogP contribution >= 0.6 is 0 Å². The molecule has 2 aromatic rings. The Morgan fingerprint density at radius 2 is 1.60 bits per heavy atom. The van der Waals surface area contributed by atoms with Crippen molar-refractivity contribution in [2.24, 2.45) is 0 Å². The van der Waals surface area contributed by atoms with Gasteiger partial charge in [0.1, 0.15) is 0 Å². The number of benzene rings is 2. The molecule has 0 saturated heterocycles. The van der Waals surface area contributed by atoms with Crippen LogP contribution in [0.15, 0.2) is 53.4 Å². The van der Waals surface area contributed by atoms with E-state index in [4.69, 9.17) is 0 Å². The van der Waals surface area contributed by atoms with Gasteiger partial charge in [-0.15, -0.1) is 0 Å². The standard InChI is InChI=1S/C16H19NO2S/c1-4-17(16-12-8-9-13(2)14(16)3)20(18,19)15-10-6-5-7-11-15/h5-12H,4H2,1-3H3. The summed E-state index contributed by atoms with van der Waals surface area (Å²) in [5.41, 5.74) is 2.83.